The minimum atomic E-state index is -0.967. The first-order valence-corrected chi connectivity index (χ1v) is 18.1. The summed E-state index contributed by atoms with van der Waals surface area (Å²) in [5, 5.41) is 40.1. The Morgan fingerprint density at radius 2 is 0.628 bits per heavy atom. The Labute approximate surface area is 282 Å². The molecule has 0 radical (unpaired) electrons. The third-order valence-electron chi connectivity index (χ3n) is 8.12. The van der Waals surface area contributed by atoms with Gasteiger partial charge in [-0.2, -0.15) is 0 Å². The fourth-order valence-electron chi connectivity index (χ4n) is 5.32. The number of carbonyl (C=O) groups is 2. The molecular formula is C36H70MgO6. The molecular weight excluding hydrogens is 553 g/mol. The summed E-state index contributed by atoms with van der Waals surface area (Å²) in [6.45, 7) is 4.49. The molecule has 0 aliphatic rings. The number of carboxylic acids is 2. The summed E-state index contributed by atoms with van der Waals surface area (Å²) in [6, 6.07) is 0. The number of aliphatic hydroxyl groups is 2. The average Bonchev–Trinajstić information content (AvgIpc) is 2.95. The molecule has 0 fully saturated rings. The number of aliphatic carboxylic acids is 2. The van der Waals surface area contributed by atoms with Gasteiger partial charge in [0, 0.05) is 11.9 Å². The van der Waals surface area contributed by atoms with Gasteiger partial charge >= 0.3 is 23.1 Å². The summed E-state index contributed by atoms with van der Waals surface area (Å²) in [5.41, 5.74) is 0. The van der Waals surface area contributed by atoms with E-state index in [2.05, 4.69) is 13.8 Å². The Morgan fingerprint density at radius 1 is 0.419 bits per heavy atom. The largest absolute Gasteiger partial charge is 2.00 e. The molecule has 0 amide bonds. The van der Waals surface area contributed by atoms with Gasteiger partial charge in [0.1, 0.15) is 0 Å². The molecule has 6 nitrogen and oxygen atoms in total. The Balaban J connectivity index is -0.000000727. The molecule has 0 saturated heterocycles. The summed E-state index contributed by atoms with van der Waals surface area (Å²) in [5.74, 6) is -1.93. The molecule has 0 bridgehead atoms. The van der Waals surface area contributed by atoms with Gasteiger partial charge in [0.2, 0.25) is 0 Å². The molecule has 0 heterocycles. The van der Waals surface area contributed by atoms with E-state index >= 15 is 0 Å². The van der Waals surface area contributed by atoms with Crippen molar-refractivity contribution in [2.24, 2.45) is 0 Å². The van der Waals surface area contributed by atoms with E-state index in [1.54, 1.807) is 0 Å². The van der Waals surface area contributed by atoms with E-state index in [0.717, 1.165) is 64.2 Å². The minimum absolute atomic E-state index is 0. The fourth-order valence-corrected chi connectivity index (χ4v) is 5.32. The van der Waals surface area contributed by atoms with Crippen LogP contribution in [0.5, 0.6) is 0 Å². The van der Waals surface area contributed by atoms with Crippen molar-refractivity contribution in [2.45, 2.75) is 219 Å². The zero-order valence-corrected chi connectivity index (χ0v) is 30.0. The molecule has 2 unspecified atom stereocenters. The van der Waals surface area contributed by atoms with Gasteiger partial charge in [-0.1, -0.05) is 155 Å². The molecule has 0 spiro atoms. The van der Waals surface area contributed by atoms with Crippen molar-refractivity contribution in [1.29, 1.82) is 0 Å². The fraction of sp³-hybridized carbons (Fsp3) is 0.944. The van der Waals surface area contributed by atoms with Crippen molar-refractivity contribution in [1.82, 2.24) is 0 Å². The van der Waals surface area contributed by atoms with Crippen LogP contribution in [0.25, 0.3) is 0 Å². The number of hydrogen-bond donors (Lipinski definition) is 2. The first-order valence-electron chi connectivity index (χ1n) is 18.1. The zero-order valence-electron chi connectivity index (χ0n) is 28.6. The molecule has 7 heteroatoms. The standard InChI is InChI=1S/2C18H36O3.Mg/c2*1-2-3-4-5-6-7-8-9-11-14-17(19)15-12-10-13-16-18(20)21;/h2*17,19H,2-16H2,1H3,(H,20,21);/q;;+2/p-2. The van der Waals surface area contributed by atoms with Crippen molar-refractivity contribution in [3.8, 4) is 0 Å². The van der Waals surface area contributed by atoms with Crippen LogP contribution >= 0.6 is 0 Å². The van der Waals surface area contributed by atoms with Crippen LogP contribution in [0.1, 0.15) is 206 Å². The maximum Gasteiger partial charge on any atom is 2.00 e. The second-order valence-electron chi connectivity index (χ2n) is 12.5. The molecule has 2 N–H and O–H groups in total. The Kier molecular flexibility index (Phi) is 43.4. The SMILES string of the molecule is CCCCCCCCCCCC(O)CCCCCC(=O)[O-].CCCCCCCCCCCC(O)CCCCCC(=O)[O-].[Mg+2]. The first kappa shape index (κ1) is 47.0. The smallest absolute Gasteiger partial charge is 0.550 e. The quantitative estimate of drug-likeness (QED) is 0.0590. The summed E-state index contributed by atoms with van der Waals surface area (Å²) in [6.07, 6.45) is 31.8. The van der Waals surface area contributed by atoms with Crippen LogP contribution in [-0.4, -0.2) is 57.4 Å². The van der Waals surface area contributed by atoms with E-state index in [-0.39, 0.29) is 48.1 Å². The van der Waals surface area contributed by atoms with E-state index in [1.165, 1.54) is 103 Å². The molecule has 0 rings (SSSR count). The minimum Gasteiger partial charge on any atom is -0.550 e. The van der Waals surface area contributed by atoms with Gasteiger partial charge in [-0.05, 0) is 51.4 Å². The molecule has 2 atom stereocenters. The van der Waals surface area contributed by atoms with Crippen molar-refractivity contribution in [2.75, 3.05) is 0 Å². The molecule has 43 heavy (non-hydrogen) atoms. The second kappa shape index (κ2) is 39.7. The summed E-state index contributed by atoms with van der Waals surface area (Å²) in [4.78, 5) is 20.5. The molecule has 0 aromatic rings. The number of carboxylic acid groups (broad SMARTS) is 2. The van der Waals surface area contributed by atoms with Crippen molar-refractivity contribution in [3.05, 3.63) is 0 Å². The van der Waals surface area contributed by atoms with Gasteiger partial charge in [0.05, 0.1) is 12.2 Å². The van der Waals surface area contributed by atoms with E-state index < -0.39 is 11.9 Å². The summed E-state index contributed by atoms with van der Waals surface area (Å²) in [7, 11) is 0. The van der Waals surface area contributed by atoms with E-state index in [0.29, 0.717) is 12.8 Å². The number of carbonyl (C=O) groups excluding carboxylic acids is 2. The monoisotopic (exact) mass is 623 g/mol. The third-order valence-corrected chi connectivity index (χ3v) is 8.12. The molecule has 252 valence electrons. The number of unbranched alkanes of at least 4 members (excludes halogenated alkanes) is 20. The van der Waals surface area contributed by atoms with Gasteiger partial charge < -0.3 is 30.0 Å². The second-order valence-corrected chi connectivity index (χ2v) is 12.5. The molecule has 0 aromatic carbocycles. The maximum absolute atomic E-state index is 10.2. The van der Waals surface area contributed by atoms with Crippen molar-refractivity contribution >= 4 is 35.0 Å². The number of aliphatic hydroxyl groups excluding tert-OH is 2. The van der Waals surface area contributed by atoms with E-state index in [9.17, 15) is 30.0 Å². The van der Waals surface area contributed by atoms with Crippen LogP contribution in [0.4, 0.5) is 0 Å². The first-order chi connectivity index (χ1) is 20.3. The normalized spacial score (nSPS) is 12.2. The van der Waals surface area contributed by atoms with Crippen LogP contribution in [-0.2, 0) is 9.59 Å². The third kappa shape index (κ3) is 46.2. The van der Waals surface area contributed by atoms with Crippen LogP contribution < -0.4 is 10.2 Å². The van der Waals surface area contributed by atoms with Crippen LogP contribution in [0.3, 0.4) is 0 Å². The maximum atomic E-state index is 10.2. The summed E-state index contributed by atoms with van der Waals surface area (Å²) >= 11 is 0. The molecule has 0 aliphatic carbocycles. The van der Waals surface area contributed by atoms with Crippen LogP contribution in [0, 0.1) is 0 Å². The van der Waals surface area contributed by atoms with Gasteiger partial charge in [-0.3, -0.25) is 0 Å². The van der Waals surface area contributed by atoms with Crippen LogP contribution in [0.15, 0.2) is 0 Å². The predicted molar refractivity (Wildman–Crippen MR) is 178 cm³/mol. The molecule has 0 aromatic heterocycles. The Hall–Kier alpha value is -0.374. The van der Waals surface area contributed by atoms with Gasteiger partial charge in [0.15, 0.2) is 0 Å². The summed E-state index contributed by atoms with van der Waals surface area (Å²) < 4.78 is 0. The molecule has 0 aliphatic heterocycles. The zero-order chi connectivity index (χ0) is 31.5. The Bertz CT molecular complexity index is 512. The topological polar surface area (TPSA) is 121 Å². The molecule has 0 saturated carbocycles. The van der Waals surface area contributed by atoms with Crippen molar-refractivity contribution in [3.63, 3.8) is 0 Å². The van der Waals surface area contributed by atoms with E-state index in [1.807, 2.05) is 0 Å². The van der Waals surface area contributed by atoms with Gasteiger partial charge in [0.25, 0.3) is 0 Å². The Morgan fingerprint density at radius 3 is 0.860 bits per heavy atom. The van der Waals surface area contributed by atoms with E-state index in [4.69, 9.17) is 0 Å². The number of hydrogen-bond acceptors (Lipinski definition) is 6. The average molecular weight is 623 g/mol. The van der Waals surface area contributed by atoms with Crippen LogP contribution in [0.2, 0.25) is 0 Å². The number of rotatable bonds is 32. The van der Waals surface area contributed by atoms with Gasteiger partial charge in [-0.15, -0.1) is 0 Å². The van der Waals surface area contributed by atoms with Crippen molar-refractivity contribution < 1.29 is 30.0 Å². The predicted octanol–water partition coefficient (Wildman–Crippen LogP) is 7.56. The van der Waals surface area contributed by atoms with Gasteiger partial charge in [-0.25, -0.2) is 0 Å².